The van der Waals surface area contributed by atoms with Crippen LogP contribution in [0.15, 0.2) is 54.6 Å². The van der Waals surface area contributed by atoms with Crippen molar-refractivity contribution in [3.05, 3.63) is 71.5 Å². The van der Waals surface area contributed by atoms with Crippen LogP contribution in [0.25, 0.3) is 0 Å². The molecule has 0 bridgehead atoms. The van der Waals surface area contributed by atoms with Crippen LogP contribution in [-0.2, 0) is 0 Å². The summed E-state index contributed by atoms with van der Waals surface area (Å²) in [5.41, 5.74) is 1.23. The average molecular weight is 293 g/mol. The number of hydrogen-bond acceptors (Lipinski definition) is 1. The molecule has 2 rings (SSSR count). The number of hydrogen-bond donors (Lipinski definition) is 0. The molecule has 1 atom stereocenters. The molecule has 0 radical (unpaired) electrons. The molecule has 0 aliphatic heterocycles. The van der Waals surface area contributed by atoms with E-state index >= 15 is 0 Å². The van der Waals surface area contributed by atoms with Crippen molar-refractivity contribution in [2.75, 3.05) is 0 Å². The predicted molar refractivity (Wildman–Crippen MR) is 68.8 cm³/mol. The number of carbonyl (C=O) groups is 1. The summed E-state index contributed by atoms with van der Waals surface area (Å²) in [6.45, 7) is 0. The van der Waals surface area contributed by atoms with Gasteiger partial charge in [0.25, 0.3) is 0 Å². The molecule has 2 aromatic rings. The van der Waals surface area contributed by atoms with Gasteiger partial charge in [0, 0.05) is 5.56 Å². The summed E-state index contributed by atoms with van der Waals surface area (Å²) in [6, 6.07) is 15.0. The lowest BCUT2D eigenvalue weighted by atomic mass is 10.0. The Hall–Kier alpha value is -1.48. The van der Waals surface area contributed by atoms with Crippen molar-refractivity contribution in [2.24, 2.45) is 0 Å². The van der Waals surface area contributed by atoms with E-state index in [0.717, 1.165) is 5.56 Å². The molecule has 0 saturated carbocycles. The van der Waals surface area contributed by atoms with E-state index in [0.29, 0.717) is 5.56 Å². The lowest BCUT2D eigenvalue weighted by molar-refractivity contribution is 0.0991. The highest BCUT2D eigenvalue weighted by atomic mass is 79.9. The van der Waals surface area contributed by atoms with Gasteiger partial charge in [-0.2, -0.15) is 0 Å². The molecule has 2 aromatic carbocycles. The molecule has 0 N–H and O–H groups in total. The Morgan fingerprint density at radius 1 is 1.06 bits per heavy atom. The highest BCUT2D eigenvalue weighted by Crippen LogP contribution is 2.26. The summed E-state index contributed by atoms with van der Waals surface area (Å²) in [7, 11) is 0. The van der Waals surface area contributed by atoms with Crippen LogP contribution in [0.1, 0.15) is 20.7 Å². The molecular weight excluding hydrogens is 283 g/mol. The lowest BCUT2D eigenvalue weighted by Crippen LogP contribution is -2.07. The van der Waals surface area contributed by atoms with Gasteiger partial charge in [0.15, 0.2) is 5.78 Å². The Morgan fingerprint density at radius 3 is 2.41 bits per heavy atom. The molecule has 0 spiro atoms. The number of rotatable bonds is 3. The molecule has 1 unspecified atom stereocenters. The standard InChI is InChI=1S/C14H10BrFO/c15-13(10-5-2-1-3-6-10)14(17)11-7-4-8-12(16)9-11/h1-9,13H. The van der Waals surface area contributed by atoms with E-state index in [-0.39, 0.29) is 5.78 Å². The van der Waals surface area contributed by atoms with Crippen LogP contribution >= 0.6 is 15.9 Å². The zero-order valence-corrected chi connectivity index (χ0v) is 10.5. The number of halogens is 2. The van der Waals surface area contributed by atoms with Crippen molar-refractivity contribution < 1.29 is 9.18 Å². The topological polar surface area (TPSA) is 17.1 Å². The second kappa shape index (κ2) is 5.23. The third-order valence-corrected chi connectivity index (χ3v) is 3.38. The summed E-state index contributed by atoms with van der Waals surface area (Å²) in [5, 5.41) is 0. The summed E-state index contributed by atoms with van der Waals surface area (Å²) < 4.78 is 13.0. The van der Waals surface area contributed by atoms with Crippen LogP contribution in [0.3, 0.4) is 0 Å². The highest BCUT2D eigenvalue weighted by molar-refractivity contribution is 9.09. The average Bonchev–Trinajstić information content (AvgIpc) is 2.38. The molecule has 0 aromatic heterocycles. The Bertz CT molecular complexity index is 525. The zero-order valence-electron chi connectivity index (χ0n) is 8.94. The minimum Gasteiger partial charge on any atom is -0.293 e. The van der Waals surface area contributed by atoms with E-state index in [1.165, 1.54) is 18.2 Å². The van der Waals surface area contributed by atoms with Gasteiger partial charge in [-0.1, -0.05) is 58.4 Å². The molecule has 0 aliphatic rings. The van der Waals surface area contributed by atoms with Gasteiger partial charge in [-0.3, -0.25) is 4.79 Å². The highest BCUT2D eigenvalue weighted by Gasteiger charge is 2.18. The molecule has 0 aliphatic carbocycles. The second-order valence-electron chi connectivity index (χ2n) is 3.65. The summed E-state index contributed by atoms with van der Waals surface area (Å²) in [5.74, 6) is -0.542. The lowest BCUT2D eigenvalue weighted by Gasteiger charge is -2.09. The first-order valence-corrected chi connectivity index (χ1v) is 6.09. The Morgan fingerprint density at radius 2 is 1.76 bits per heavy atom. The molecule has 0 amide bonds. The molecular formula is C14H10BrFO. The minimum absolute atomic E-state index is 0.143. The summed E-state index contributed by atoms with van der Waals surface area (Å²) in [6.07, 6.45) is 0. The molecule has 3 heteroatoms. The van der Waals surface area contributed by atoms with Crippen molar-refractivity contribution in [3.63, 3.8) is 0 Å². The minimum atomic E-state index is -0.439. The first-order valence-electron chi connectivity index (χ1n) is 5.17. The van der Waals surface area contributed by atoms with E-state index in [1.807, 2.05) is 30.3 Å². The molecule has 1 nitrogen and oxygen atoms in total. The zero-order chi connectivity index (χ0) is 12.3. The number of ketones is 1. The van der Waals surface area contributed by atoms with Crippen molar-refractivity contribution in [3.8, 4) is 0 Å². The maximum Gasteiger partial charge on any atom is 0.180 e. The van der Waals surface area contributed by atoms with Gasteiger partial charge in [-0.15, -0.1) is 0 Å². The van der Waals surface area contributed by atoms with Crippen LogP contribution in [-0.4, -0.2) is 5.78 Å². The van der Waals surface area contributed by atoms with Gasteiger partial charge < -0.3 is 0 Å². The maximum atomic E-state index is 13.0. The first kappa shape index (κ1) is 12.0. The molecule has 86 valence electrons. The van der Waals surface area contributed by atoms with Crippen molar-refractivity contribution in [1.82, 2.24) is 0 Å². The fraction of sp³-hybridized carbons (Fsp3) is 0.0714. The normalized spacial score (nSPS) is 12.1. The maximum absolute atomic E-state index is 13.0. The van der Waals surface area contributed by atoms with E-state index in [2.05, 4.69) is 15.9 Å². The van der Waals surface area contributed by atoms with E-state index in [9.17, 15) is 9.18 Å². The van der Waals surface area contributed by atoms with E-state index in [4.69, 9.17) is 0 Å². The van der Waals surface area contributed by atoms with Gasteiger partial charge in [0.05, 0.1) is 0 Å². The van der Waals surface area contributed by atoms with Crippen molar-refractivity contribution in [2.45, 2.75) is 4.83 Å². The number of carbonyl (C=O) groups excluding carboxylic acids is 1. The quantitative estimate of drug-likeness (QED) is 0.614. The van der Waals surface area contributed by atoms with Gasteiger partial charge in [0.2, 0.25) is 0 Å². The number of Topliss-reactive ketones (excluding diaryl/α,β-unsaturated/α-hetero) is 1. The fourth-order valence-corrected chi connectivity index (χ4v) is 2.13. The summed E-state index contributed by atoms with van der Waals surface area (Å²) >= 11 is 3.34. The Labute approximate surface area is 107 Å². The Balaban J connectivity index is 2.27. The van der Waals surface area contributed by atoms with Crippen LogP contribution in [0.2, 0.25) is 0 Å². The van der Waals surface area contributed by atoms with E-state index < -0.39 is 10.6 Å². The van der Waals surface area contributed by atoms with Crippen LogP contribution in [0.4, 0.5) is 4.39 Å². The van der Waals surface area contributed by atoms with Crippen molar-refractivity contribution in [1.29, 1.82) is 0 Å². The van der Waals surface area contributed by atoms with Gasteiger partial charge >= 0.3 is 0 Å². The molecule has 17 heavy (non-hydrogen) atoms. The largest absolute Gasteiger partial charge is 0.293 e. The number of benzene rings is 2. The molecule has 0 fully saturated rings. The SMILES string of the molecule is O=C(c1cccc(F)c1)C(Br)c1ccccc1. The summed E-state index contributed by atoms with van der Waals surface area (Å²) in [4.78, 5) is 11.6. The van der Waals surface area contributed by atoms with E-state index in [1.54, 1.807) is 6.07 Å². The van der Waals surface area contributed by atoms with Crippen LogP contribution in [0.5, 0.6) is 0 Å². The molecule has 0 saturated heterocycles. The second-order valence-corrected chi connectivity index (χ2v) is 4.56. The Kier molecular flexibility index (Phi) is 3.69. The third kappa shape index (κ3) is 2.80. The third-order valence-electron chi connectivity index (χ3n) is 2.43. The van der Waals surface area contributed by atoms with Crippen molar-refractivity contribution >= 4 is 21.7 Å². The van der Waals surface area contributed by atoms with Gasteiger partial charge in [-0.05, 0) is 17.7 Å². The predicted octanol–water partition coefficient (Wildman–Crippen LogP) is 4.14. The van der Waals surface area contributed by atoms with Gasteiger partial charge in [0.1, 0.15) is 10.6 Å². The van der Waals surface area contributed by atoms with Gasteiger partial charge in [-0.25, -0.2) is 4.39 Å². The van der Waals surface area contributed by atoms with Crippen LogP contribution in [0, 0.1) is 5.82 Å². The first-order chi connectivity index (χ1) is 8.18. The molecule has 0 heterocycles. The number of alkyl halides is 1. The fourth-order valence-electron chi connectivity index (χ4n) is 1.56. The smallest absolute Gasteiger partial charge is 0.180 e. The monoisotopic (exact) mass is 292 g/mol. The van der Waals surface area contributed by atoms with Crippen LogP contribution < -0.4 is 0 Å².